The Kier molecular flexibility index (Phi) is 20.6. The molecule has 0 unspecified atom stereocenters. The largest absolute Gasteiger partial charge is 0.477 e. The van der Waals surface area contributed by atoms with Crippen LogP contribution in [0.25, 0.3) is 0 Å². The molecule has 4 aliphatic heterocycles. The Morgan fingerprint density at radius 1 is 0.528 bits per heavy atom. The first-order valence-corrected chi connectivity index (χ1v) is 22.0. The molecule has 0 saturated carbocycles. The first-order valence-electron chi connectivity index (χ1n) is 22.0. The first-order chi connectivity index (χ1) is 33.4. The predicted octanol–water partition coefficient (Wildman–Crippen LogP) is -11.7. The second-order valence-electron chi connectivity index (χ2n) is 17.7. The predicted molar refractivity (Wildman–Crippen MR) is 220 cm³/mol. The van der Waals surface area contributed by atoms with E-state index < -0.39 is 221 Å². The highest BCUT2D eigenvalue weighted by molar-refractivity contribution is 5.78. The van der Waals surface area contributed by atoms with Crippen LogP contribution in [-0.4, -0.2) is 288 Å². The number of nitrogens with one attached hydrogen (secondary N) is 3. The number of carbonyl (C=O) groups is 6. The van der Waals surface area contributed by atoms with Crippen LogP contribution in [-0.2, 0) is 61.9 Å². The van der Waals surface area contributed by atoms with Gasteiger partial charge in [-0.3, -0.25) is 14.4 Å². The zero-order chi connectivity index (χ0) is 54.5. The van der Waals surface area contributed by atoms with Crippen molar-refractivity contribution in [3.05, 3.63) is 0 Å². The van der Waals surface area contributed by atoms with Crippen LogP contribution in [0.1, 0.15) is 40.0 Å². The lowest BCUT2D eigenvalue weighted by Gasteiger charge is -2.50. The zero-order valence-electron chi connectivity index (χ0n) is 38.4. The summed E-state index contributed by atoms with van der Waals surface area (Å²) in [4.78, 5) is 75.8. The van der Waals surface area contributed by atoms with Gasteiger partial charge in [0.25, 0.3) is 17.4 Å². The number of amides is 3. The molecule has 4 heterocycles. The summed E-state index contributed by atoms with van der Waals surface area (Å²) in [6.07, 6.45) is -41.6. The Labute approximate surface area is 405 Å². The number of rotatable bonds is 22. The highest BCUT2D eigenvalue weighted by Crippen LogP contribution is 2.40. The Bertz CT molecular complexity index is 1900. The second-order valence-corrected chi connectivity index (χ2v) is 17.7. The monoisotopic (exact) mass is 1050 g/mol. The summed E-state index contributed by atoms with van der Waals surface area (Å²) in [5.74, 6) is -19.2. The molecular weight excluding hydrogens is 990 g/mol. The SMILES string of the molecule is CC(=O)N[C@H]1[C@H]([C@H](O)[C@H](O)CO)O[C@@](O[C@H](CO)[C@@H](O)[C@@H]2O[C@@](O[C@H](CO)[C@@H](O)[C@@H]3O[C@@](OC[C@H]4O[C@@H](O)[C@H](O)[C@@H](O)[C@@H]4O)(C(=O)O)C[C@H](O)[C@H]3NC(C)=O)(C(=O)O)C[C@H](O)[C@H]2NC(C)=O)(C(=O)O)C[C@@H]1O. The van der Waals surface area contributed by atoms with Crippen molar-refractivity contribution in [1.82, 2.24) is 16.0 Å². The third kappa shape index (κ3) is 13.1. The molecule has 414 valence electrons. The molecule has 0 aliphatic carbocycles. The van der Waals surface area contributed by atoms with E-state index in [0.29, 0.717) is 0 Å². The topological polar surface area (TPSA) is 547 Å². The Hall–Kier alpha value is -4.02. The van der Waals surface area contributed by atoms with Gasteiger partial charge in [-0.25, -0.2) is 14.4 Å². The van der Waals surface area contributed by atoms with Gasteiger partial charge < -0.3 is 136 Å². The van der Waals surface area contributed by atoms with Crippen LogP contribution in [0.3, 0.4) is 0 Å². The molecule has 20 N–H and O–H groups in total. The number of hydrogen-bond donors (Lipinski definition) is 20. The van der Waals surface area contributed by atoms with Gasteiger partial charge in [-0.1, -0.05) is 0 Å². The summed E-state index contributed by atoms with van der Waals surface area (Å²) in [5.41, 5.74) is 0. The zero-order valence-corrected chi connectivity index (χ0v) is 38.4. The maximum atomic E-state index is 13.3. The third-order valence-electron chi connectivity index (χ3n) is 12.4. The molecule has 3 amide bonds. The number of ether oxygens (including phenoxy) is 7. The maximum Gasteiger partial charge on any atom is 0.364 e. The van der Waals surface area contributed by atoms with Gasteiger partial charge in [-0.05, 0) is 0 Å². The first kappa shape index (κ1) is 60.5. The average molecular weight is 1050 g/mol. The molecule has 4 rings (SSSR count). The lowest BCUT2D eigenvalue weighted by molar-refractivity contribution is -0.359. The molecule has 23 atom stereocenters. The second kappa shape index (κ2) is 24.6. The highest BCUT2D eigenvalue weighted by Gasteiger charge is 2.62. The van der Waals surface area contributed by atoms with Crippen molar-refractivity contribution in [2.24, 2.45) is 0 Å². The Balaban J connectivity index is 1.73. The van der Waals surface area contributed by atoms with Crippen LogP contribution in [0.2, 0.25) is 0 Å². The summed E-state index contributed by atoms with van der Waals surface area (Å²) in [7, 11) is 0. The van der Waals surface area contributed by atoms with Crippen LogP contribution >= 0.6 is 0 Å². The van der Waals surface area contributed by atoms with Gasteiger partial charge in [0.2, 0.25) is 17.7 Å². The number of aliphatic hydroxyl groups is 14. The van der Waals surface area contributed by atoms with E-state index >= 15 is 0 Å². The van der Waals surface area contributed by atoms with Crippen molar-refractivity contribution in [2.75, 3.05) is 26.4 Å². The lowest BCUT2D eigenvalue weighted by atomic mass is 9.86. The fourth-order valence-electron chi connectivity index (χ4n) is 8.75. The van der Waals surface area contributed by atoms with E-state index in [0.717, 1.165) is 20.8 Å². The van der Waals surface area contributed by atoms with E-state index in [9.17, 15) is 116 Å². The summed E-state index contributed by atoms with van der Waals surface area (Å²) in [6, 6.07) is -5.57. The number of carbonyl (C=O) groups excluding carboxylic acids is 3. The van der Waals surface area contributed by atoms with E-state index in [1.54, 1.807) is 0 Å². The molecule has 4 fully saturated rings. The third-order valence-corrected chi connectivity index (χ3v) is 12.4. The summed E-state index contributed by atoms with van der Waals surface area (Å²) in [6.45, 7) is -2.54. The van der Waals surface area contributed by atoms with Gasteiger partial charge in [0.05, 0.1) is 62.9 Å². The van der Waals surface area contributed by atoms with Crippen LogP contribution in [0.4, 0.5) is 0 Å². The standard InChI is InChI=1S/C39H63N3O30/c1-11(46)40-21-15(50)5-38(35(62)63,71-30(21)24(53)17(52)7-43)68-19(9-45)27(56)32-23(42-13(3)48)16(51)6-39(72-32,36(64)65)69-18(8-44)26(55)31-22(41-12(2)47)14(49)4-37(70-31,34(60)61)66-10-20-25(54)28(57)29(58)33(59)67-20/h14-33,43-45,49-59H,4-10H2,1-3H3,(H,40,46)(H,41,47)(H,42,48)(H,60,61)(H,62,63)(H,64,65)/t14-,15-,16-,17+,18+,19+,20+,21+,22+,23+,24+,25+,26+,27+,28-,29+,30+,31+,32+,33+,37+,38+,39+/m0/s1. The van der Waals surface area contributed by atoms with Crippen LogP contribution in [0, 0.1) is 0 Å². The number of carboxylic acid groups (broad SMARTS) is 3. The normalized spacial score (nSPS) is 39.8. The molecule has 0 aromatic rings. The van der Waals surface area contributed by atoms with Gasteiger partial charge in [0.1, 0.15) is 79.4 Å². The molecule has 33 heteroatoms. The van der Waals surface area contributed by atoms with E-state index in [2.05, 4.69) is 16.0 Å². The van der Waals surface area contributed by atoms with Crippen molar-refractivity contribution < 1.29 is 149 Å². The van der Waals surface area contributed by atoms with E-state index in [1.165, 1.54) is 0 Å². The molecule has 4 aliphatic rings. The molecule has 72 heavy (non-hydrogen) atoms. The molecule has 0 bridgehead atoms. The van der Waals surface area contributed by atoms with Crippen molar-refractivity contribution in [3.8, 4) is 0 Å². The van der Waals surface area contributed by atoms with E-state index in [-0.39, 0.29) is 0 Å². The Morgan fingerprint density at radius 2 is 0.875 bits per heavy atom. The number of aliphatic hydroxyl groups excluding tert-OH is 14. The molecule has 0 radical (unpaired) electrons. The molecule has 0 aromatic carbocycles. The minimum atomic E-state index is -3.45. The van der Waals surface area contributed by atoms with Crippen molar-refractivity contribution in [2.45, 2.75) is 179 Å². The van der Waals surface area contributed by atoms with E-state index in [4.69, 9.17) is 33.2 Å². The van der Waals surface area contributed by atoms with Gasteiger partial charge in [-0.15, -0.1) is 0 Å². The van der Waals surface area contributed by atoms with Gasteiger partial charge >= 0.3 is 17.9 Å². The number of aliphatic carboxylic acids is 3. The lowest BCUT2D eigenvalue weighted by Crippen LogP contribution is -2.71. The van der Waals surface area contributed by atoms with Gasteiger partial charge in [0.15, 0.2) is 6.29 Å². The quantitative estimate of drug-likeness (QED) is 0.0479. The van der Waals surface area contributed by atoms with Crippen LogP contribution in [0.15, 0.2) is 0 Å². The number of carboxylic acids is 3. The molecule has 0 spiro atoms. The highest BCUT2D eigenvalue weighted by atomic mass is 16.8. The van der Waals surface area contributed by atoms with Crippen LogP contribution < -0.4 is 16.0 Å². The minimum absolute atomic E-state index is 0.865. The summed E-state index contributed by atoms with van der Waals surface area (Å²) >= 11 is 0. The summed E-state index contributed by atoms with van der Waals surface area (Å²) in [5, 5.41) is 188. The minimum Gasteiger partial charge on any atom is -0.477 e. The van der Waals surface area contributed by atoms with Crippen LogP contribution in [0.5, 0.6) is 0 Å². The summed E-state index contributed by atoms with van der Waals surface area (Å²) < 4.78 is 38.5. The molecular formula is C39H63N3O30. The fourth-order valence-corrected chi connectivity index (χ4v) is 8.75. The fraction of sp³-hybridized carbons (Fsp3) is 0.846. The smallest absolute Gasteiger partial charge is 0.364 e. The van der Waals surface area contributed by atoms with Gasteiger partial charge in [0, 0.05) is 40.0 Å². The molecule has 0 aromatic heterocycles. The van der Waals surface area contributed by atoms with Crippen molar-refractivity contribution in [1.29, 1.82) is 0 Å². The molecule has 4 saturated heterocycles. The molecule has 33 nitrogen and oxygen atoms in total. The van der Waals surface area contributed by atoms with Gasteiger partial charge in [-0.2, -0.15) is 0 Å². The van der Waals surface area contributed by atoms with E-state index in [1.807, 2.05) is 0 Å². The Morgan fingerprint density at radius 3 is 1.21 bits per heavy atom. The average Bonchev–Trinajstić information content (AvgIpc) is 3.30. The van der Waals surface area contributed by atoms with Crippen molar-refractivity contribution in [3.63, 3.8) is 0 Å². The number of hydrogen-bond acceptors (Lipinski definition) is 27. The maximum absolute atomic E-state index is 13.3. The van der Waals surface area contributed by atoms with Crippen molar-refractivity contribution >= 4 is 35.6 Å².